The van der Waals surface area contributed by atoms with Crippen LogP contribution in [0.4, 0.5) is 0 Å². The molecule has 0 aliphatic carbocycles. The Bertz CT molecular complexity index is 459. The van der Waals surface area contributed by atoms with E-state index in [-0.39, 0.29) is 0 Å². The lowest BCUT2D eigenvalue weighted by Crippen LogP contribution is -2.04. The molecule has 2 rings (SSSR count). The third kappa shape index (κ3) is 2.02. The Kier molecular flexibility index (Phi) is 2.74. The van der Waals surface area contributed by atoms with Crippen LogP contribution in [0.3, 0.4) is 0 Å². The number of aryl methyl sites for hydroxylation is 2. The third-order valence-corrected chi connectivity index (χ3v) is 2.74. The van der Waals surface area contributed by atoms with Gasteiger partial charge in [0.1, 0.15) is 16.7 Å². The first-order valence-corrected chi connectivity index (χ1v) is 5.40. The molecule has 2 aromatic heterocycles. The van der Waals surface area contributed by atoms with Gasteiger partial charge in [0, 0.05) is 6.54 Å². The molecule has 0 aromatic carbocycles. The molecule has 0 radical (unpaired) electrons. The molecule has 0 aliphatic rings. The van der Waals surface area contributed by atoms with Crippen molar-refractivity contribution in [2.24, 2.45) is 0 Å². The minimum absolute atomic E-state index is 0.727. The standard InChI is InChI=1S/C8H12N6S/c1-5-10-6(2)14(13-5)8-12-11-7(15-8)4-9-3/h9H,4H2,1-3H3. The first-order valence-electron chi connectivity index (χ1n) is 4.58. The molecule has 0 bridgehead atoms. The quantitative estimate of drug-likeness (QED) is 0.820. The maximum Gasteiger partial charge on any atom is 0.234 e. The summed E-state index contributed by atoms with van der Waals surface area (Å²) in [6, 6.07) is 0. The van der Waals surface area contributed by atoms with Crippen molar-refractivity contribution in [1.82, 2.24) is 30.3 Å². The van der Waals surface area contributed by atoms with E-state index in [1.165, 1.54) is 11.3 Å². The Morgan fingerprint density at radius 2 is 2.13 bits per heavy atom. The predicted molar refractivity (Wildman–Crippen MR) is 57.1 cm³/mol. The first-order chi connectivity index (χ1) is 7.20. The SMILES string of the molecule is CNCc1nnc(-n2nc(C)nc2C)s1. The molecule has 15 heavy (non-hydrogen) atoms. The average molecular weight is 224 g/mol. The fourth-order valence-electron chi connectivity index (χ4n) is 1.26. The highest BCUT2D eigenvalue weighted by Crippen LogP contribution is 2.15. The summed E-state index contributed by atoms with van der Waals surface area (Å²) in [5, 5.41) is 17.1. The van der Waals surface area contributed by atoms with Crippen LogP contribution in [-0.2, 0) is 6.54 Å². The number of hydrogen-bond acceptors (Lipinski definition) is 6. The smallest absolute Gasteiger partial charge is 0.234 e. The van der Waals surface area contributed by atoms with Crippen molar-refractivity contribution in [3.8, 4) is 5.13 Å². The molecule has 6 nitrogen and oxygen atoms in total. The lowest BCUT2D eigenvalue weighted by atomic mass is 10.7. The van der Waals surface area contributed by atoms with E-state index < -0.39 is 0 Å². The monoisotopic (exact) mass is 224 g/mol. The van der Waals surface area contributed by atoms with Crippen molar-refractivity contribution in [2.75, 3.05) is 7.05 Å². The van der Waals surface area contributed by atoms with Gasteiger partial charge in [-0.15, -0.1) is 15.3 Å². The van der Waals surface area contributed by atoms with E-state index in [2.05, 4.69) is 25.6 Å². The molecule has 0 unspecified atom stereocenters. The molecule has 0 atom stereocenters. The van der Waals surface area contributed by atoms with Crippen LogP contribution in [0.5, 0.6) is 0 Å². The second-order valence-corrected chi connectivity index (χ2v) is 4.17. The Labute approximate surface area is 91.4 Å². The number of rotatable bonds is 3. The zero-order chi connectivity index (χ0) is 10.8. The first kappa shape index (κ1) is 10.2. The van der Waals surface area contributed by atoms with E-state index in [0.717, 1.165) is 28.3 Å². The minimum Gasteiger partial charge on any atom is -0.313 e. The third-order valence-electron chi connectivity index (χ3n) is 1.84. The van der Waals surface area contributed by atoms with Gasteiger partial charge in [0.2, 0.25) is 5.13 Å². The fraction of sp³-hybridized carbons (Fsp3) is 0.500. The van der Waals surface area contributed by atoms with Gasteiger partial charge in [0.05, 0.1) is 0 Å². The Balaban J connectivity index is 2.32. The Hall–Kier alpha value is -1.34. The number of hydrogen-bond donors (Lipinski definition) is 1. The van der Waals surface area contributed by atoms with Crippen LogP contribution in [0.2, 0.25) is 0 Å². The minimum atomic E-state index is 0.727. The molecule has 2 heterocycles. The van der Waals surface area contributed by atoms with Crippen molar-refractivity contribution >= 4 is 11.3 Å². The van der Waals surface area contributed by atoms with Gasteiger partial charge in [0.15, 0.2) is 0 Å². The largest absolute Gasteiger partial charge is 0.313 e. The van der Waals surface area contributed by atoms with Crippen LogP contribution < -0.4 is 5.32 Å². The number of aromatic nitrogens is 5. The summed E-state index contributed by atoms with van der Waals surface area (Å²) in [5.74, 6) is 1.58. The molecule has 0 fully saturated rings. The van der Waals surface area contributed by atoms with Gasteiger partial charge in [-0.3, -0.25) is 0 Å². The van der Waals surface area contributed by atoms with Gasteiger partial charge in [-0.2, -0.15) is 4.68 Å². The van der Waals surface area contributed by atoms with E-state index in [4.69, 9.17) is 0 Å². The van der Waals surface area contributed by atoms with E-state index in [1.54, 1.807) is 4.68 Å². The predicted octanol–water partition coefficient (Wildman–Crippen LogP) is 0.455. The van der Waals surface area contributed by atoms with Crippen molar-refractivity contribution < 1.29 is 0 Å². The molecule has 0 saturated carbocycles. The van der Waals surface area contributed by atoms with Crippen LogP contribution in [0, 0.1) is 13.8 Å². The zero-order valence-electron chi connectivity index (χ0n) is 8.85. The van der Waals surface area contributed by atoms with Crippen LogP contribution in [0.25, 0.3) is 5.13 Å². The van der Waals surface area contributed by atoms with E-state index in [0.29, 0.717) is 0 Å². The van der Waals surface area contributed by atoms with Gasteiger partial charge >= 0.3 is 0 Å². The maximum absolute atomic E-state index is 4.25. The summed E-state index contributed by atoms with van der Waals surface area (Å²) in [6.45, 7) is 4.49. The normalized spacial score (nSPS) is 10.9. The van der Waals surface area contributed by atoms with Gasteiger partial charge in [-0.1, -0.05) is 11.3 Å². The van der Waals surface area contributed by atoms with Crippen molar-refractivity contribution in [3.63, 3.8) is 0 Å². The highest BCUT2D eigenvalue weighted by atomic mass is 32.1. The van der Waals surface area contributed by atoms with Gasteiger partial charge in [-0.05, 0) is 20.9 Å². The zero-order valence-corrected chi connectivity index (χ0v) is 9.67. The lowest BCUT2D eigenvalue weighted by Gasteiger charge is -1.93. The van der Waals surface area contributed by atoms with Crippen molar-refractivity contribution in [1.29, 1.82) is 0 Å². The molecule has 0 saturated heterocycles. The summed E-state index contributed by atoms with van der Waals surface area (Å²) in [5.41, 5.74) is 0. The Morgan fingerprint density at radius 1 is 1.33 bits per heavy atom. The molecule has 80 valence electrons. The van der Waals surface area contributed by atoms with Crippen molar-refractivity contribution in [3.05, 3.63) is 16.7 Å². The molecule has 1 N–H and O–H groups in total. The van der Waals surface area contributed by atoms with Crippen LogP contribution in [-0.4, -0.2) is 32.0 Å². The van der Waals surface area contributed by atoms with E-state index in [1.807, 2.05) is 20.9 Å². The number of nitrogens with one attached hydrogen (secondary N) is 1. The number of nitrogens with zero attached hydrogens (tertiary/aromatic N) is 5. The molecule has 0 aliphatic heterocycles. The van der Waals surface area contributed by atoms with Gasteiger partial charge in [-0.25, -0.2) is 4.98 Å². The lowest BCUT2D eigenvalue weighted by molar-refractivity contribution is 0.777. The molecular formula is C8H12N6S. The second-order valence-electron chi connectivity index (χ2n) is 3.13. The summed E-state index contributed by atoms with van der Waals surface area (Å²) < 4.78 is 1.71. The molecule has 7 heteroatoms. The maximum atomic E-state index is 4.25. The summed E-state index contributed by atoms with van der Waals surface area (Å²) in [4.78, 5) is 4.22. The Morgan fingerprint density at radius 3 is 2.73 bits per heavy atom. The average Bonchev–Trinajstić information content (AvgIpc) is 2.73. The molecular weight excluding hydrogens is 212 g/mol. The highest BCUT2D eigenvalue weighted by Gasteiger charge is 2.10. The van der Waals surface area contributed by atoms with Crippen molar-refractivity contribution in [2.45, 2.75) is 20.4 Å². The van der Waals surface area contributed by atoms with Crippen LogP contribution in [0.1, 0.15) is 16.7 Å². The van der Waals surface area contributed by atoms with Crippen LogP contribution in [0.15, 0.2) is 0 Å². The molecule has 0 amide bonds. The molecule has 0 spiro atoms. The highest BCUT2D eigenvalue weighted by molar-refractivity contribution is 7.13. The van der Waals surface area contributed by atoms with Gasteiger partial charge in [0.25, 0.3) is 0 Å². The van der Waals surface area contributed by atoms with E-state index >= 15 is 0 Å². The summed E-state index contributed by atoms with van der Waals surface area (Å²) in [6.07, 6.45) is 0. The molecule has 2 aromatic rings. The van der Waals surface area contributed by atoms with Gasteiger partial charge < -0.3 is 5.32 Å². The topological polar surface area (TPSA) is 68.5 Å². The van der Waals surface area contributed by atoms with Crippen LogP contribution >= 0.6 is 11.3 Å². The fourth-order valence-corrected chi connectivity index (χ4v) is 2.11. The summed E-state index contributed by atoms with van der Waals surface area (Å²) in [7, 11) is 1.88. The van der Waals surface area contributed by atoms with E-state index in [9.17, 15) is 0 Å². The second kappa shape index (κ2) is 4.03. The summed E-state index contributed by atoms with van der Waals surface area (Å²) >= 11 is 1.51.